The van der Waals surface area contributed by atoms with Gasteiger partial charge in [-0.3, -0.25) is 19.9 Å². The van der Waals surface area contributed by atoms with E-state index in [-0.39, 0.29) is 23.0 Å². The fourth-order valence-electron chi connectivity index (χ4n) is 2.62. The van der Waals surface area contributed by atoms with Crippen molar-refractivity contribution in [1.82, 2.24) is 14.9 Å². The second kappa shape index (κ2) is 17.6. The van der Waals surface area contributed by atoms with Crippen LogP contribution in [0.15, 0.2) is 84.1 Å². The van der Waals surface area contributed by atoms with Crippen molar-refractivity contribution in [2.24, 2.45) is 4.99 Å². The monoisotopic (exact) mass is 530 g/mol. The molecule has 0 atom stereocenters. The predicted octanol–water partition coefficient (Wildman–Crippen LogP) is -2.15. The normalized spacial score (nSPS) is 10.8. The van der Waals surface area contributed by atoms with Crippen LogP contribution in [0.2, 0.25) is 0 Å². The standard InChI is InChI=1S/C21H22N4O.ClHO4.Fe.NO/c26-21(18-8-2-1-3-9-18)24-14-15-25(16-19-10-4-6-12-22-19)17-20-11-5-7-13-23-20;2-1(3,4)5;;1-2/h1-13H,14-17H2,(H,24,26);(H,2,3,4,5);;/q;;+3;-1/p-2. The number of aliphatic imine (C=N–C) groups is 1. The molecule has 0 N–H and O–H groups in total. The first-order chi connectivity index (χ1) is 15.8. The van der Waals surface area contributed by atoms with Gasteiger partial charge in [0.1, 0.15) is 0 Å². The Hall–Kier alpha value is -2.80. The van der Waals surface area contributed by atoms with Crippen molar-refractivity contribution < 1.29 is 51.1 Å². The fourth-order valence-corrected chi connectivity index (χ4v) is 2.62. The van der Waals surface area contributed by atoms with Crippen LogP contribution in [0, 0.1) is 15.2 Å². The molecule has 0 aliphatic carbocycles. The van der Waals surface area contributed by atoms with E-state index in [1.807, 2.05) is 54.6 Å². The summed E-state index contributed by atoms with van der Waals surface area (Å²) in [5.41, 5.74) is 8.34. The van der Waals surface area contributed by atoms with Crippen molar-refractivity contribution in [3.05, 3.63) is 107 Å². The molecule has 13 heteroatoms. The molecule has 0 unspecified atom stereocenters. The van der Waals surface area contributed by atoms with Crippen LogP contribution in [-0.4, -0.2) is 33.9 Å². The van der Waals surface area contributed by atoms with Crippen molar-refractivity contribution >= 4 is 5.90 Å². The Morgan fingerprint density at radius 3 is 1.68 bits per heavy atom. The Kier molecular flexibility index (Phi) is 16.2. The first-order valence-electron chi connectivity index (χ1n) is 9.40. The molecule has 2 aromatic heterocycles. The van der Waals surface area contributed by atoms with Gasteiger partial charge in [-0.2, -0.15) is 0 Å². The van der Waals surface area contributed by atoms with Gasteiger partial charge in [0.05, 0.1) is 17.9 Å². The van der Waals surface area contributed by atoms with E-state index in [2.05, 4.69) is 19.9 Å². The molecular weight excluding hydrogens is 510 g/mol. The van der Waals surface area contributed by atoms with Gasteiger partial charge in [0.2, 0.25) is 0 Å². The third kappa shape index (κ3) is 15.1. The largest absolute Gasteiger partial charge is 3.00 e. The Morgan fingerprint density at radius 2 is 1.26 bits per heavy atom. The van der Waals surface area contributed by atoms with E-state index in [0.717, 1.165) is 11.4 Å². The molecule has 0 amide bonds. The number of rotatable bonds is 8. The van der Waals surface area contributed by atoms with Crippen molar-refractivity contribution in [3.63, 3.8) is 0 Å². The predicted molar refractivity (Wildman–Crippen MR) is 107 cm³/mol. The van der Waals surface area contributed by atoms with Crippen LogP contribution < -0.4 is 23.7 Å². The maximum absolute atomic E-state index is 12.1. The third-order valence-electron chi connectivity index (χ3n) is 3.92. The molecular formula is C21H21ClFeN5O6. The topological polar surface area (TPSA) is 196 Å². The molecule has 1 aromatic carbocycles. The molecule has 2 heterocycles. The Bertz CT molecular complexity index is 889. The van der Waals surface area contributed by atoms with Gasteiger partial charge in [-0.1, -0.05) is 42.5 Å². The maximum atomic E-state index is 12.1. The van der Waals surface area contributed by atoms with Gasteiger partial charge in [-0.15, -0.1) is 10.2 Å². The maximum Gasteiger partial charge on any atom is 3.00 e. The molecule has 11 nitrogen and oxygen atoms in total. The van der Waals surface area contributed by atoms with Crippen LogP contribution in [0.3, 0.4) is 0 Å². The Labute approximate surface area is 209 Å². The molecule has 0 saturated heterocycles. The number of nitrogens with zero attached hydrogens (tertiary/aromatic N) is 5. The van der Waals surface area contributed by atoms with Gasteiger partial charge in [-0.25, -0.2) is 18.6 Å². The van der Waals surface area contributed by atoms with E-state index < -0.39 is 10.2 Å². The SMILES string of the molecule is [Fe+3].[N-]=O.[O-]C(=NCCN(Cc1ccccn1)Cc1ccccn1)c1ccccc1.[O-][Cl+3]([O-])([O-])[O-]. The number of hydrogen-bond acceptors (Lipinski definition) is 10. The molecule has 0 bridgehead atoms. The molecule has 34 heavy (non-hydrogen) atoms. The fraction of sp³-hybridized carbons (Fsp3) is 0.190. The number of aromatic nitrogens is 2. The molecule has 0 fully saturated rings. The molecule has 0 saturated carbocycles. The van der Waals surface area contributed by atoms with Gasteiger partial charge in [-0.05, 0) is 35.7 Å². The van der Waals surface area contributed by atoms with Gasteiger partial charge in [0.25, 0.3) is 0 Å². The molecule has 0 spiro atoms. The Balaban J connectivity index is 0.00000121. The minimum Gasteiger partial charge on any atom is -0.858 e. The summed E-state index contributed by atoms with van der Waals surface area (Å²) in [6.07, 6.45) is 3.58. The Morgan fingerprint density at radius 1 is 0.824 bits per heavy atom. The molecule has 1 radical (unpaired) electrons. The molecule has 181 valence electrons. The second-order valence-corrected chi connectivity index (χ2v) is 7.04. The summed E-state index contributed by atoms with van der Waals surface area (Å²) in [5.74, 6) is -0.179. The third-order valence-corrected chi connectivity index (χ3v) is 3.92. The van der Waals surface area contributed by atoms with E-state index >= 15 is 0 Å². The quantitative estimate of drug-likeness (QED) is 0.177. The van der Waals surface area contributed by atoms with Crippen LogP contribution in [0.4, 0.5) is 0 Å². The minimum absolute atomic E-state index is 0. The number of hydrogen-bond donors (Lipinski definition) is 0. The summed E-state index contributed by atoms with van der Waals surface area (Å²) in [5, 5.41) is 12.1. The summed E-state index contributed by atoms with van der Waals surface area (Å²) < 4.78 is 34.0. The number of pyridine rings is 2. The molecule has 0 aliphatic rings. The summed E-state index contributed by atoms with van der Waals surface area (Å²) in [7, 11) is -4.94. The average Bonchev–Trinajstić information content (AvgIpc) is 2.81. The van der Waals surface area contributed by atoms with Gasteiger partial charge in [0, 0.05) is 32.0 Å². The number of halogens is 1. The molecule has 3 aromatic rings. The summed E-state index contributed by atoms with van der Waals surface area (Å²) >= 11 is 0. The first kappa shape index (κ1) is 31.2. The van der Waals surface area contributed by atoms with Crippen molar-refractivity contribution in [1.29, 1.82) is 0 Å². The zero-order valence-corrected chi connectivity index (χ0v) is 19.6. The van der Waals surface area contributed by atoms with Crippen molar-refractivity contribution in [3.8, 4) is 0 Å². The van der Waals surface area contributed by atoms with E-state index in [0.29, 0.717) is 31.7 Å². The molecule has 0 aliphatic heterocycles. The minimum atomic E-state index is -4.94. The van der Waals surface area contributed by atoms with Crippen LogP contribution in [-0.2, 0) is 30.2 Å². The zero-order valence-electron chi connectivity index (χ0n) is 17.8. The van der Waals surface area contributed by atoms with Crippen molar-refractivity contribution in [2.75, 3.05) is 13.1 Å². The number of nitroso groups, excluding NO2 is 1. The first-order valence-corrected chi connectivity index (χ1v) is 10.6. The summed E-state index contributed by atoms with van der Waals surface area (Å²) in [6.45, 7) is 2.47. The van der Waals surface area contributed by atoms with Gasteiger partial charge in [0.15, 0.2) is 0 Å². The molecule has 3 rings (SSSR count). The van der Waals surface area contributed by atoms with Crippen LogP contribution in [0.25, 0.3) is 5.59 Å². The van der Waals surface area contributed by atoms with E-state index in [1.165, 1.54) is 0 Å². The van der Waals surface area contributed by atoms with Crippen molar-refractivity contribution in [2.45, 2.75) is 13.1 Å². The van der Waals surface area contributed by atoms with Gasteiger partial charge >= 0.3 is 17.1 Å². The van der Waals surface area contributed by atoms with E-state index in [4.69, 9.17) is 29.1 Å². The van der Waals surface area contributed by atoms with Crippen LogP contribution in [0.5, 0.6) is 0 Å². The van der Waals surface area contributed by atoms with Crippen LogP contribution >= 0.6 is 0 Å². The second-order valence-electron chi connectivity index (χ2n) is 6.28. The number of benzene rings is 1. The summed E-state index contributed by atoms with van der Waals surface area (Å²) in [6, 6.07) is 20.9. The van der Waals surface area contributed by atoms with Gasteiger partial charge < -0.3 is 15.6 Å². The van der Waals surface area contributed by atoms with E-state index in [1.54, 1.807) is 24.5 Å². The summed E-state index contributed by atoms with van der Waals surface area (Å²) in [4.78, 5) is 22.4. The van der Waals surface area contributed by atoms with E-state index in [9.17, 15) is 5.11 Å². The average molecular weight is 531 g/mol. The van der Waals surface area contributed by atoms with Crippen LogP contribution in [0.1, 0.15) is 17.0 Å². The smallest absolute Gasteiger partial charge is 0.858 e. The zero-order chi connectivity index (χ0) is 24.5.